The molecule has 106 valence electrons. The van der Waals surface area contributed by atoms with Crippen LogP contribution in [0.25, 0.3) is 0 Å². The van der Waals surface area contributed by atoms with Crippen molar-refractivity contribution in [3.8, 4) is 0 Å². The fourth-order valence-electron chi connectivity index (χ4n) is 2.53. The molecule has 1 heterocycles. The number of carbonyl (C=O) groups excluding carboxylic acids is 1. The predicted molar refractivity (Wildman–Crippen MR) is 81.1 cm³/mol. The van der Waals surface area contributed by atoms with Gasteiger partial charge in [0.15, 0.2) is 0 Å². The number of amides is 1. The smallest absolute Gasteiger partial charge is 0.251 e. The second kappa shape index (κ2) is 7.51. The molecule has 1 amide bonds. The summed E-state index contributed by atoms with van der Waals surface area (Å²) in [5.41, 5.74) is 2.05. The van der Waals surface area contributed by atoms with Crippen molar-refractivity contribution in [3.05, 3.63) is 35.4 Å². The Morgan fingerprint density at radius 2 is 1.89 bits per heavy atom. The van der Waals surface area contributed by atoms with E-state index in [9.17, 15) is 4.79 Å². The Bertz CT molecular complexity index is 414. The van der Waals surface area contributed by atoms with E-state index in [1.54, 1.807) is 0 Å². The highest BCUT2D eigenvalue weighted by atomic mass is 35.5. The van der Waals surface area contributed by atoms with Crippen LogP contribution >= 0.6 is 12.4 Å². The third kappa shape index (κ3) is 4.22. The standard InChI is InChI=1S/C15H22N2O.ClH/c1-11(2)17-15(18)14-6-4-3-5-13(14)12-7-9-16-10-8-12;/h3-6,11-12,16H,7-10H2,1-2H3,(H,17,18);1H. The molecule has 1 aliphatic rings. The van der Waals surface area contributed by atoms with E-state index in [1.165, 1.54) is 5.56 Å². The zero-order chi connectivity index (χ0) is 13.0. The molecule has 2 N–H and O–H groups in total. The van der Waals surface area contributed by atoms with Gasteiger partial charge in [0.1, 0.15) is 0 Å². The maximum Gasteiger partial charge on any atom is 0.251 e. The van der Waals surface area contributed by atoms with Crippen LogP contribution in [0.1, 0.15) is 48.5 Å². The normalized spacial score (nSPS) is 15.9. The molecule has 0 bridgehead atoms. The minimum Gasteiger partial charge on any atom is -0.350 e. The van der Waals surface area contributed by atoms with Crippen molar-refractivity contribution in [2.75, 3.05) is 13.1 Å². The molecule has 0 spiro atoms. The van der Waals surface area contributed by atoms with Gasteiger partial charge >= 0.3 is 0 Å². The Morgan fingerprint density at radius 1 is 1.26 bits per heavy atom. The molecule has 0 atom stereocenters. The summed E-state index contributed by atoms with van der Waals surface area (Å²) < 4.78 is 0. The minimum absolute atomic E-state index is 0. The molecule has 1 aliphatic heterocycles. The third-order valence-electron chi connectivity index (χ3n) is 3.40. The molecular weight excluding hydrogens is 260 g/mol. The maximum atomic E-state index is 12.2. The molecule has 1 aromatic rings. The first-order valence-electron chi connectivity index (χ1n) is 6.79. The maximum absolute atomic E-state index is 12.2. The molecule has 0 saturated carbocycles. The first kappa shape index (κ1) is 16.0. The molecule has 0 radical (unpaired) electrons. The van der Waals surface area contributed by atoms with Crippen molar-refractivity contribution in [3.63, 3.8) is 0 Å². The number of rotatable bonds is 3. The molecule has 19 heavy (non-hydrogen) atoms. The highest BCUT2D eigenvalue weighted by Gasteiger charge is 2.20. The number of piperidine rings is 1. The van der Waals surface area contributed by atoms with Gasteiger partial charge in [0.2, 0.25) is 0 Å². The molecule has 2 rings (SSSR count). The van der Waals surface area contributed by atoms with Crippen molar-refractivity contribution in [1.82, 2.24) is 10.6 Å². The molecule has 3 nitrogen and oxygen atoms in total. The molecular formula is C15H23ClN2O. The molecule has 1 saturated heterocycles. The van der Waals surface area contributed by atoms with Crippen molar-refractivity contribution in [2.45, 2.75) is 38.6 Å². The van der Waals surface area contributed by atoms with E-state index in [0.717, 1.165) is 31.5 Å². The van der Waals surface area contributed by atoms with Gasteiger partial charge in [-0.25, -0.2) is 0 Å². The lowest BCUT2D eigenvalue weighted by Crippen LogP contribution is -2.32. The molecule has 0 aromatic heterocycles. The summed E-state index contributed by atoms with van der Waals surface area (Å²) in [6.07, 6.45) is 2.23. The van der Waals surface area contributed by atoms with Crippen molar-refractivity contribution >= 4 is 18.3 Å². The molecule has 1 aromatic carbocycles. The van der Waals surface area contributed by atoms with Gasteiger partial charge in [0.25, 0.3) is 5.91 Å². The first-order chi connectivity index (χ1) is 8.68. The van der Waals surface area contributed by atoms with Crippen molar-refractivity contribution < 1.29 is 4.79 Å². The van der Waals surface area contributed by atoms with Gasteiger partial charge < -0.3 is 10.6 Å². The van der Waals surface area contributed by atoms with Crippen LogP contribution in [0.2, 0.25) is 0 Å². The summed E-state index contributed by atoms with van der Waals surface area (Å²) in [4.78, 5) is 12.2. The SMILES string of the molecule is CC(C)NC(=O)c1ccccc1C1CCNCC1.Cl. The lowest BCUT2D eigenvalue weighted by Gasteiger charge is -2.25. The van der Waals surface area contributed by atoms with Crippen LogP contribution in [0, 0.1) is 0 Å². The summed E-state index contributed by atoms with van der Waals surface area (Å²) in [5.74, 6) is 0.569. The number of halogens is 1. The highest BCUT2D eigenvalue weighted by Crippen LogP contribution is 2.27. The second-order valence-corrected chi connectivity index (χ2v) is 5.24. The first-order valence-corrected chi connectivity index (χ1v) is 6.79. The summed E-state index contributed by atoms with van der Waals surface area (Å²) in [5, 5.41) is 6.35. The summed E-state index contributed by atoms with van der Waals surface area (Å²) in [7, 11) is 0. The average molecular weight is 283 g/mol. The van der Waals surface area contributed by atoms with E-state index in [0.29, 0.717) is 5.92 Å². The van der Waals surface area contributed by atoms with E-state index in [4.69, 9.17) is 0 Å². The zero-order valence-electron chi connectivity index (χ0n) is 11.6. The number of benzene rings is 1. The lowest BCUT2D eigenvalue weighted by molar-refractivity contribution is 0.0941. The quantitative estimate of drug-likeness (QED) is 0.895. The molecule has 1 fully saturated rings. The van der Waals surface area contributed by atoms with Gasteiger partial charge in [0.05, 0.1) is 0 Å². The van der Waals surface area contributed by atoms with Crippen LogP contribution in [0.5, 0.6) is 0 Å². The fraction of sp³-hybridized carbons (Fsp3) is 0.533. The van der Waals surface area contributed by atoms with Gasteiger partial charge in [-0.3, -0.25) is 4.79 Å². The van der Waals surface area contributed by atoms with Crippen molar-refractivity contribution in [2.24, 2.45) is 0 Å². The fourth-order valence-corrected chi connectivity index (χ4v) is 2.53. The molecule has 4 heteroatoms. The van der Waals surface area contributed by atoms with Gasteiger partial charge in [-0.2, -0.15) is 0 Å². The van der Waals surface area contributed by atoms with Crippen LogP contribution in [-0.2, 0) is 0 Å². The summed E-state index contributed by atoms with van der Waals surface area (Å²) in [6, 6.07) is 8.20. The Labute approximate surface area is 121 Å². The number of carbonyl (C=O) groups is 1. The van der Waals surface area contributed by atoms with E-state index in [1.807, 2.05) is 32.0 Å². The summed E-state index contributed by atoms with van der Waals surface area (Å²) >= 11 is 0. The predicted octanol–water partition coefficient (Wildman–Crippen LogP) is 2.71. The van der Waals surface area contributed by atoms with Crippen LogP contribution in [0.3, 0.4) is 0 Å². The number of nitrogens with one attached hydrogen (secondary N) is 2. The topological polar surface area (TPSA) is 41.1 Å². The van der Waals surface area contributed by atoms with Gasteiger partial charge in [-0.05, 0) is 57.3 Å². The van der Waals surface area contributed by atoms with E-state index < -0.39 is 0 Å². The molecule has 0 aliphatic carbocycles. The van der Waals surface area contributed by atoms with Crippen LogP contribution in [0.15, 0.2) is 24.3 Å². The van der Waals surface area contributed by atoms with E-state index in [-0.39, 0.29) is 24.4 Å². The van der Waals surface area contributed by atoms with Gasteiger partial charge in [-0.1, -0.05) is 18.2 Å². The minimum atomic E-state index is 0. The van der Waals surface area contributed by atoms with Gasteiger partial charge in [-0.15, -0.1) is 12.4 Å². The summed E-state index contributed by atoms with van der Waals surface area (Å²) in [6.45, 7) is 6.08. The Morgan fingerprint density at radius 3 is 2.53 bits per heavy atom. The van der Waals surface area contributed by atoms with Crippen LogP contribution in [-0.4, -0.2) is 25.0 Å². The lowest BCUT2D eigenvalue weighted by atomic mass is 9.87. The Balaban J connectivity index is 0.00000180. The van der Waals surface area contributed by atoms with Crippen LogP contribution in [0.4, 0.5) is 0 Å². The number of hydrogen-bond acceptors (Lipinski definition) is 2. The van der Waals surface area contributed by atoms with Crippen molar-refractivity contribution in [1.29, 1.82) is 0 Å². The highest BCUT2D eigenvalue weighted by molar-refractivity contribution is 5.96. The van der Waals surface area contributed by atoms with E-state index in [2.05, 4.69) is 16.7 Å². The average Bonchev–Trinajstić information content (AvgIpc) is 2.39. The zero-order valence-corrected chi connectivity index (χ0v) is 12.4. The monoisotopic (exact) mass is 282 g/mol. The van der Waals surface area contributed by atoms with Gasteiger partial charge in [0, 0.05) is 11.6 Å². The third-order valence-corrected chi connectivity index (χ3v) is 3.40. The Kier molecular flexibility index (Phi) is 6.32. The van der Waals surface area contributed by atoms with Crippen LogP contribution < -0.4 is 10.6 Å². The van der Waals surface area contributed by atoms with E-state index >= 15 is 0 Å². The second-order valence-electron chi connectivity index (χ2n) is 5.24. The Hall–Kier alpha value is -1.06. The number of hydrogen-bond donors (Lipinski definition) is 2. The molecule has 0 unspecified atom stereocenters. The largest absolute Gasteiger partial charge is 0.350 e.